The van der Waals surface area contributed by atoms with Crippen LogP contribution < -0.4 is 0 Å². The zero-order valence-electron chi connectivity index (χ0n) is 12.2. The van der Waals surface area contributed by atoms with E-state index in [2.05, 4.69) is 13.2 Å². The minimum atomic E-state index is -1.27. The van der Waals surface area contributed by atoms with Gasteiger partial charge in [-0.15, -0.1) is 13.2 Å². The molecule has 5 nitrogen and oxygen atoms in total. The molecule has 0 aromatic rings. The van der Waals surface area contributed by atoms with E-state index in [1.54, 1.807) is 18.7 Å². The lowest BCUT2D eigenvalue weighted by atomic mass is 9.81. The molecule has 2 rings (SSSR count). The maximum atomic E-state index is 12.8. The van der Waals surface area contributed by atoms with Crippen molar-refractivity contribution in [2.45, 2.75) is 51.1 Å². The topological polar surface area (TPSA) is 60.9 Å². The number of rotatable bonds is 4. The van der Waals surface area contributed by atoms with Gasteiger partial charge in [-0.3, -0.25) is 14.8 Å². The maximum absolute atomic E-state index is 12.8. The van der Waals surface area contributed by atoms with Gasteiger partial charge in [0.05, 0.1) is 0 Å². The van der Waals surface area contributed by atoms with Crippen LogP contribution in [0.1, 0.15) is 39.5 Å². The molecule has 0 aromatic carbocycles. The molecule has 2 amide bonds. The SMILES string of the molecule is C=C(C)CC1(CC(=C)C)C(=O)N2CCC[C@H]2C(=O)N1O. The normalized spacial score (nSPS) is 24.9. The Morgan fingerprint density at radius 1 is 1.30 bits per heavy atom. The second-order valence-electron chi connectivity index (χ2n) is 6.11. The lowest BCUT2D eigenvalue weighted by molar-refractivity contribution is -0.217. The molecule has 0 aromatic heterocycles. The van der Waals surface area contributed by atoms with Crippen molar-refractivity contribution in [3.05, 3.63) is 24.3 Å². The van der Waals surface area contributed by atoms with Gasteiger partial charge in [-0.2, -0.15) is 0 Å². The van der Waals surface area contributed by atoms with E-state index in [1.807, 2.05) is 0 Å². The number of piperazine rings is 1. The van der Waals surface area contributed by atoms with Crippen molar-refractivity contribution < 1.29 is 14.8 Å². The minimum Gasteiger partial charge on any atom is -0.328 e. The average Bonchev–Trinajstić information content (AvgIpc) is 2.81. The van der Waals surface area contributed by atoms with Crippen LogP contribution in [0.5, 0.6) is 0 Å². The lowest BCUT2D eigenvalue weighted by Gasteiger charge is -2.47. The summed E-state index contributed by atoms with van der Waals surface area (Å²) in [4.78, 5) is 26.8. The van der Waals surface area contributed by atoms with Crippen molar-refractivity contribution in [2.75, 3.05) is 6.54 Å². The Balaban J connectivity index is 2.46. The highest BCUT2D eigenvalue weighted by molar-refractivity contribution is 6.00. The van der Waals surface area contributed by atoms with Gasteiger partial charge in [-0.05, 0) is 26.7 Å². The molecule has 1 atom stereocenters. The first-order valence-electron chi connectivity index (χ1n) is 6.92. The summed E-state index contributed by atoms with van der Waals surface area (Å²) in [6.45, 7) is 11.8. The number of hydroxylamine groups is 2. The van der Waals surface area contributed by atoms with Crippen LogP contribution in [0.3, 0.4) is 0 Å². The van der Waals surface area contributed by atoms with Crippen molar-refractivity contribution in [1.29, 1.82) is 0 Å². The van der Waals surface area contributed by atoms with E-state index in [1.165, 1.54) is 0 Å². The fraction of sp³-hybridized carbons (Fsp3) is 0.600. The highest BCUT2D eigenvalue weighted by Gasteiger charge is 2.57. The van der Waals surface area contributed by atoms with E-state index in [0.717, 1.165) is 17.6 Å². The van der Waals surface area contributed by atoms with Crippen molar-refractivity contribution in [2.24, 2.45) is 0 Å². The third-order valence-corrected chi connectivity index (χ3v) is 4.00. The predicted molar refractivity (Wildman–Crippen MR) is 75.0 cm³/mol. The van der Waals surface area contributed by atoms with Gasteiger partial charge >= 0.3 is 0 Å². The van der Waals surface area contributed by atoms with Crippen LogP contribution in [0.25, 0.3) is 0 Å². The lowest BCUT2D eigenvalue weighted by Crippen LogP contribution is -2.69. The first kappa shape index (κ1) is 14.8. The molecule has 5 heteroatoms. The van der Waals surface area contributed by atoms with Gasteiger partial charge < -0.3 is 4.90 Å². The van der Waals surface area contributed by atoms with Gasteiger partial charge in [-0.25, -0.2) is 5.06 Å². The maximum Gasteiger partial charge on any atom is 0.269 e. The molecule has 2 aliphatic heterocycles. The van der Waals surface area contributed by atoms with E-state index in [0.29, 0.717) is 18.0 Å². The number of hydrogen-bond donors (Lipinski definition) is 1. The highest BCUT2D eigenvalue weighted by atomic mass is 16.5. The molecule has 0 spiro atoms. The van der Waals surface area contributed by atoms with E-state index in [9.17, 15) is 14.8 Å². The summed E-state index contributed by atoms with van der Waals surface area (Å²) in [6, 6.07) is -0.504. The quantitative estimate of drug-likeness (QED) is 0.631. The summed E-state index contributed by atoms with van der Waals surface area (Å²) in [6.07, 6.45) is 1.93. The highest BCUT2D eigenvalue weighted by Crippen LogP contribution is 2.38. The molecule has 20 heavy (non-hydrogen) atoms. The second kappa shape index (κ2) is 5.05. The molecule has 2 fully saturated rings. The monoisotopic (exact) mass is 278 g/mol. The third kappa shape index (κ3) is 2.16. The third-order valence-electron chi connectivity index (χ3n) is 4.00. The van der Waals surface area contributed by atoms with Gasteiger partial charge in [0.25, 0.3) is 11.8 Å². The first-order chi connectivity index (χ1) is 9.29. The van der Waals surface area contributed by atoms with Crippen LogP contribution in [0.2, 0.25) is 0 Å². The molecule has 0 aliphatic carbocycles. The molecular formula is C15H22N2O3. The zero-order chi connectivity index (χ0) is 15.1. The van der Waals surface area contributed by atoms with Crippen molar-refractivity contribution in [3.8, 4) is 0 Å². The number of hydrogen-bond acceptors (Lipinski definition) is 3. The summed E-state index contributed by atoms with van der Waals surface area (Å²) in [7, 11) is 0. The molecule has 0 radical (unpaired) electrons. The molecule has 2 aliphatic rings. The number of fused-ring (bicyclic) bond motifs is 1. The number of carbonyl (C=O) groups excluding carboxylic acids is 2. The van der Waals surface area contributed by atoms with Crippen molar-refractivity contribution in [3.63, 3.8) is 0 Å². The smallest absolute Gasteiger partial charge is 0.269 e. The van der Waals surface area contributed by atoms with Crippen LogP contribution in [-0.2, 0) is 9.59 Å². The molecule has 2 saturated heterocycles. The van der Waals surface area contributed by atoms with Crippen molar-refractivity contribution in [1.82, 2.24) is 9.96 Å². The van der Waals surface area contributed by atoms with E-state index in [-0.39, 0.29) is 24.7 Å². The van der Waals surface area contributed by atoms with Crippen LogP contribution in [-0.4, -0.2) is 45.1 Å². The van der Waals surface area contributed by atoms with Crippen molar-refractivity contribution >= 4 is 11.8 Å². The summed E-state index contributed by atoms with van der Waals surface area (Å²) in [5.41, 5.74) is 0.239. The number of nitrogens with zero attached hydrogens (tertiary/aromatic N) is 2. The Bertz CT molecular complexity index is 468. The summed E-state index contributed by atoms with van der Waals surface area (Å²) >= 11 is 0. The molecule has 1 N–H and O–H groups in total. The standard InChI is InChI=1S/C15H22N2O3/c1-10(2)8-15(9-11(3)4)14(19)16-7-5-6-12(16)13(18)17(15)20/h12,20H,1,3,5-9H2,2,4H3/t12-/m0/s1. The minimum absolute atomic E-state index is 0.187. The first-order valence-corrected chi connectivity index (χ1v) is 6.92. The van der Waals surface area contributed by atoms with Crippen LogP contribution >= 0.6 is 0 Å². The Labute approximate surface area is 119 Å². The summed E-state index contributed by atoms with van der Waals surface area (Å²) < 4.78 is 0. The average molecular weight is 278 g/mol. The fourth-order valence-corrected chi connectivity index (χ4v) is 3.34. The van der Waals surface area contributed by atoms with Gasteiger partial charge in [-0.1, -0.05) is 11.1 Å². The van der Waals surface area contributed by atoms with Gasteiger partial charge in [0.2, 0.25) is 0 Å². The van der Waals surface area contributed by atoms with E-state index >= 15 is 0 Å². The van der Waals surface area contributed by atoms with Gasteiger partial charge in [0.15, 0.2) is 5.54 Å². The molecule has 0 saturated carbocycles. The molecule has 2 heterocycles. The van der Waals surface area contributed by atoms with Crippen LogP contribution in [0, 0.1) is 0 Å². The van der Waals surface area contributed by atoms with E-state index in [4.69, 9.17) is 0 Å². The second-order valence-corrected chi connectivity index (χ2v) is 6.11. The Hall–Kier alpha value is -1.62. The Morgan fingerprint density at radius 2 is 1.85 bits per heavy atom. The zero-order valence-corrected chi connectivity index (χ0v) is 12.2. The molecule has 0 unspecified atom stereocenters. The Morgan fingerprint density at radius 3 is 2.35 bits per heavy atom. The van der Waals surface area contributed by atoms with E-state index < -0.39 is 11.6 Å². The molecular weight excluding hydrogens is 256 g/mol. The number of carbonyl (C=O) groups is 2. The molecule has 0 bridgehead atoms. The number of amides is 2. The predicted octanol–water partition coefficient (Wildman–Crippen LogP) is 1.88. The van der Waals surface area contributed by atoms with Crippen LogP contribution in [0.4, 0.5) is 0 Å². The fourth-order valence-electron chi connectivity index (χ4n) is 3.34. The largest absolute Gasteiger partial charge is 0.328 e. The van der Waals surface area contributed by atoms with Crippen LogP contribution in [0.15, 0.2) is 24.3 Å². The summed E-state index contributed by atoms with van der Waals surface area (Å²) in [5.74, 6) is -0.572. The van der Waals surface area contributed by atoms with Gasteiger partial charge in [0.1, 0.15) is 6.04 Å². The molecule has 110 valence electrons. The summed E-state index contributed by atoms with van der Waals surface area (Å²) in [5, 5.41) is 11.0. The van der Waals surface area contributed by atoms with Gasteiger partial charge in [0, 0.05) is 19.4 Å². The Kier molecular flexibility index (Phi) is 3.73.